The Morgan fingerprint density at radius 2 is 1.72 bits per heavy atom. The number of nitrogens with zero attached hydrogens (tertiary/aromatic N) is 3. The Morgan fingerprint density at radius 1 is 1.09 bits per heavy atom. The molecule has 0 atom stereocenters. The quantitative estimate of drug-likeness (QED) is 0.450. The topological polar surface area (TPSA) is 130 Å². The highest BCUT2D eigenvalue weighted by Crippen LogP contribution is 2.27. The van der Waals surface area contributed by atoms with Crippen molar-refractivity contribution in [3.63, 3.8) is 0 Å². The summed E-state index contributed by atoms with van der Waals surface area (Å²) in [6, 6.07) is 10.2. The minimum atomic E-state index is -3.94. The van der Waals surface area contributed by atoms with Crippen LogP contribution in [0.5, 0.6) is 0 Å². The summed E-state index contributed by atoms with van der Waals surface area (Å²) in [5.74, 6) is -0.957. The fourth-order valence-corrected chi connectivity index (χ4v) is 4.05. The molecule has 11 heteroatoms. The summed E-state index contributed by atoms with van der Waals surface area (Å²) in [7, 11) is -3.94. The Morgan fingerprint density at radius 3 is 2.28 bits per heavy atom. The van der Waals surface area contributed by atoms with Gasteiger partial charge in [0.15, 0.2) is 0 Å². The van der Waals surface area contributed by atoms with E-state index in [1.54, 1.807) is 36.1 Å². The summed E-state index contributed by atoms with van der Waals surface area (Å²) < 4.78 is 25.6. The Labute approximate surface area is 187 Å². The second-order valence-electron chi connectivity index (χ2n) is 7.07. The van der Waals surface area contributed by atoms with Crippen LogP contribution in [0.15, 0.2) is 42.5 Å². The predicted octanol–water partition coefficient (Wildman–Crippen LogP) is 2.79. The van der Waals surface area contributed by atoms with Gasteiger partial charge in [0.1, 0.15) is 6.54 Å². The number of hydrogen-bond donors (Lipinski definition) is 1. The first-order valence-electron chi connectivity index (χ1n) is 9.90. The highest BCUT2D eigenvalue weighted by atomic mass is 32.2. The number of sulfonamides is 1. The van der Waals surface area contributed by atoms with E-state index in [9.17, 15) is 28.1 Å². The van der Waals surface area contributed by atoms with E-state index in [0.717, 1.165) is 16.6 Å². The van der Waals surface area contributed by atoms with E-state index < -0.39 is 27.4 Å². The predicted molar refractivity (Wildman–Crippen MR) is 122 cm³/mol. The smallest absolute Gasteiger partial charge is 0.271 e. The van der Waals surface area contributed by atoms with Gasteiger partial charge in [-0.3, -0.25) is 24.0 Å². The molecule has 2 rings (SSSR count). The number of carbonyl (C=O) groups is 2. The van der Waals surface area contributed by atoms with E-state index in [2.05, 4.69) is 5.32 Å². The highest BCUT2D eigenvalue weighted by Gasteiger charge is 2.25. The summed E-state index contributed by atoms with van der Waals surface area (Å²) in [5.41, 5.74) is 0.714. The first-order chi connectivity index (χ1) is 15.0. The van der Waals surface area contributed by atoms with Gasteiger partial charge in [0.25, 0.3) is 11.6 Å². The lowest BCUT2D eigenvalue weighted by atomic mass is 10.1. The van der Waals surface area contributed by atoms with Crippen molar-refractivity contribution in [3.05, 3.63) is 63.7 Å². The molecular weight excluding hydrogens is 436 g/mol. The van der Waals surface area contributed by atoms with Crippen LogP contribution in [0.3, 0.4) is 0 Å². The molecule has 2 aromatic rings. The van der Waals surface area contributed by atoms with Crippen LogP contribution in [0.2, 0.25) is 0 Å². The molecule has 172 valence electrons. The number of aryl methyl sites for hydroxylation is 1. The molecule has 0 aliphatic carbocycles. The number of non-ortho nitro benzene ring substituents is 1. The molecule has 32 heavy (non-hydrogen) atoms. The molecule has 0 unspecified atom stereocenters. The molecule has 0 spiro atoms. The summed E-state index contributed by atoms with van der Waals surface area (Å²) in [6.07, 6.45) is 0.913. The van der Waals surface area contributed by atoms with Crippen LogP contribution in [-0.2, 0) is 14.8 Å². The van der Waals surface area contributed by atoms with Gasteiger partial charge in [0.2, 0.25) is 15.9 Å². The van der Waals surface area contributed by atoms with Crippen LogP contribution < -0.4 is 9.62 Å². The fourth-order valence-electron chi connectivity index (χ4n) is 3.14. The second-order valence-corrected chi connectivity index (χ2v) is 8.98. The van der Waals surface area contributed by atoms with Crippen LogP contribution in [0.1, 0.15) is 29.8 Å². The Balaban J connectivity index is 2.36. The first kappa shape index (κ1) is 24.8. The van der Waals surface area contributed by atoms with Crippen molar-refractivity contribution in [1.29, 1.82) is 0 Å². The van der Waals surface area contributed by atoms with Gasteiger partial charge in [0.05, 0.1) is 28.1 Å². The molecule has 0 aliphatic heterocycles. The maximum absolute atomic E-state index is 12.8. The lowest BCUT2D eigenvalue weighted by Crippen LogP contribution is -2.38. The van der Waals surface area contributed by atoms with E-state index >= 15 is 0 Å². The Kier molecular flexibility index (Phi) is 7.92. The average molecular weight is 463 g/mol. The fraction of sp³-hybridized carbons (Fsp3) is 0.333. The number of amides is 2. The van der Waals surface area contributed by atoms with Gasteiger partial charge in [-0.05, 0) is 38.5 Å². The molecule has 2 aromatic carbocycles. The number of rotatable bonds is 9. The maximum Gasteiger partial charge on any atom is 0.271 e. The highest BCUT2D eigenvalue weighted by molar-refractivity contribution is 7.92. The number of para-hydroxylation sites is 1. The van der Waals surface area contributed by atoms with E-state index in [1.165, 1.54) is 12.1 Å². The lowest BCUT2D eigenvalue weighted by Gasteiger charge is -2.24. The zero-order valence-electron chi connectivity index (χ0n) is 18.4. The van der Waals surface area contributed by atoms with E-state index in [4.69, 9.17) is 0 Å². The molecule has 0 heterocycles. The van der Waals surface area contributed by atoms with Gasteiger partial charge in [-0.25, -0.2) is 8.42 Å². The van der Waals surface area contributed by atoms with Crippen molar-refractivity contribution in [3.8, 4) is 0 Å². The minimum absolute atomic E-state index is 0.0318. The van der Waals surface area contributed by atoms with Crippen molar-refractivity contribution in [2.45, 2.75) is 20.8 Å². The number of nitro benzene ring substituents is 1. The number of benzene rings is 2. The Bertz CT molecular complexity index is 1130. The molecule has 0 aromatic heterocycles. The molecule has 0 saturated heterocycles. The van der Waals surface area contributed by atoms with Crippen LogP contribution >= 0.6 is 0 Å². The average Bonchev–Trinajstić information content (AvgIpc) is 2.73. The van der Waals surface area contributed by atoms with Gasteiger partial charge >= 0.3 is 0 Å². The third-order valence-electron chi connectivity index (χ3n) is 4.84. The monoisotopic (exact) mass is 462 g/mol. The normalized spacial score (nSPS) is 11.0. The SMILES string of the molecule is CCN(CC)C(=O)c1ccccc1NC(=O)CN(c1cc([N+](=O)[O-])ccc1C)S(C)(=O)=O. The van der Waals surface area contributed by atoms with Crippen molar-refractivity contribution < 1.29 is 22.9 Å². The largest absolute Gasteiger partial charge is 0.339 e. The standard InChI is InChI=1S/C21H26N4O6S/c1-5-23(6-2)21(27)17-9-7-8-10-18(17)22-20(26)14-24(32(4,30)31)19-13-16(25(28)29)12-11-15(19)3/h7-13H,5-6,14H2,1-4H3,(H,22,26). The van der Waals surface area contributed by atoms with Crippen LogP contribution in [0.4, 0.5) is 17.1 Å². The molecule has 0 fully saturated rings. The molecule has 0 aliphatic rings. The molecule has 1 N–H and O–H groups in total. The van der Waals surface area contributed by atoms with Gasteiger partial charge in [-0.2, -0.15) is 0 Å². The molecule has 0 saturated carbocycles. The zero-order valence-corrected chi connectivity index (χ0v) is 19.2. The van der Waals surface area contributed by atoms with Crippen LogP contribution in [0.25, 0.3) is 0 Å². The van der Waals surface area contributed by atoms with E-state index in [0.29, 0.717) is 18.7 Å². The molecule has 0 radical (unpaired) electrons. The molecule has 0 bridgehead atoms. The summed E-state index contributed by atoms with van der Waals surface area (Å²) in [5, 5.41) is 13.7. The molecule has 10 nitrogen and oxygen atoms in total. The van der Waals surface area contributed by atoms with Gasteiger partial charge < -0.3 is 10.2 Å². The van der Waals surface area contributed by atoms with Gasteiger partial charge in [-0.1, -0.05) is 18.2 Å². The number of hydrogen-bond acceptors (Lipinski definition) is 6. The third kappa shape index (κ3) is 5.82. The number of carbonyl (C=O) groups excluding carboxylic acids is 2. The summed E-state index contributed by atoms with van der Waals surface area (Å²) in [6.45, 7) is 5.64. The van der Waals surface area contributed by atoms with Crippen molar-refractivity contribution >= 4 is 38.9 Å². The first-order valence-corrected chi connectivity index (χ1v) is 11.7. The van der Waals surface area contributed by atoms with E-state index in [-0.39, 0.29) is 28.5 Å². The zero-order chi connectivity index (χ0) is 24.1. The van der Waals surface area contributed by atoms with E-state index in [1.807, 2.05) is 13.8 Å². The van der Waals surface area contributed by atoms with Crippen molar-refractivity contribution in [2.24, 2.45) is 0 Å². The minimum Gasteiger partial charge on any atom is -0.339 e. The van der Waals surface area contributed by atoms with Crippen molar-refractivity contribution in [1.82, 2.24) is 4.90 Å². The van der Waals surface area contributed by atoms with Crippen molar-refractivity contribution in [2.75, 3.05) is 35.5 Å². The number of nitrogens with one attached hydrogen (secondary N) is 1. The summed E-state index contributed by atoms with van der Waals surface area (Å²) in [4.78, 5) is 37.6. The van der Waals surface area contributed by atoms with Gasteiger partial charge in [-0.15, -0.1) is 0 Å². The number of nitro groups is 1. The summed E-state index contributed by atoms with van der Waals surface area (Å²) >= 11 is 0. The number of anilines is 2. The van der Waals surface area contributed by atoms with Gasteiger partial charge in [0, 0.05) is 25.2 Å². The Hall–Kier alpha value is -3.47. The second kappa shape index (κ2) is 10.2. The molecule has 2 amide bonds. The maximum atomic E-state index is 12.8. The third-order valence-corrected chi connectivity index (χ3v) is 5.97. The lowest BCUT2D eigenvalue weighted by molar-refractivity contribution is -0.384. The van der Waals surface area contributed by atoms with Crippen LogP contribution in [-0.4, -0.2) is 55.9 Å². The van der Waals surface area contributed by atoms with Crippen LogP contribution in [0, 0.1) is 17.0 Å². The molecular formula is C21H26N4O6S.